The molecule has 204 valence electrons. The zero-order valence-electron chi connectivity index (χ0n) is 21.4. The van der Waals surface area contributed by atoms with E-state index in [4.69, 9.17) is 0 Å². The number of halogens is 3. The van der Waals surface area contributed by atoms with Crippen molar-refractivity contribution in [2.24, 2.45) is 5.92 Å². The Labute approximate surface area is 221 Å². The second-order valence-corrected chi connectivity index (χ2v) is 12.4. The number of fused-ring (bicyclic) bond motifs is 1. The van der Waals surface area contributed by atoms with Gasteiger partial charge in [0, 0.05) is 24.8 Å². The number of sulfonamides is 1. The van der Waals surface area contributed by atoms with E-state index in [1.54, 1.807) is 12.5 Å². The molecule has 6 nitrogen and oxygen atoms in total. The van der Waals surface area contributed by atoms with Crippen LogP contribution >= 0.6 is 0 Å². The average molecular weight is 547 g/mol. The minimum atomic E-state index is -4.53. The van der Waals surface area contributed by atoms with Gasteiger partial charge in [-0.05, 0) is 61.6 Å². The number of benzene rings is 2. The van der Waals surface area contributed by atoms with Crippen LogP contribution in [-0.4, -0.2) is 35.3 Å². The predicted molar refractivity (Wildman–Crippen MR) is 140 cm³/mol. The van der Waals surface area contributed by atoms with Crippen molar-refractivity contribution in [3.8, 4) is 0 Å². The average Bonchev–Trinajstić information content (AvgIpc) is 3.59. The molecule has 2 atom stereocenters. The van der Waals surface area contributed by atoms with Crippen molar-refractivity contribution in [1.82, 2.24) is 14.3 Å². The maximum atomic E-state index is 13.8. The number of aromatic nitrogens is 2. The molecular formula is C28H33F3N4O2S. The SMILES string of the molecule is C[C@H](c1cnc[nH]1)N1c2ccccc2CN(S(=O)(=O)c2ccc(C(F)(F)F)cc2)CC1CCC1CCCC1. The molecule has 1 fully saturated rings. The quantitative estimate of drug-likeness (QED) is 0.365. The molecule has 10 heteroatoms. The normalized spacial score (nSPS) is 20.3. The Balaban J connectivity index is 1.52. The summed E-state index contributed by atoms with van der Waals surface area (Å²) in [7, 11) is -4.04. The lowest BCUT2D eigenvalue weighted by Gasteiger charge is -2.38. The van der Waals surface area contributed by atoms with Crippen molar-refractivity contribution in [2.75, 3.05) is 11.4 Å². The fourth-order valence-electron chi connectivity index (χ4n) is 5.95. The van der Waals surface area contributed by atoms with Gasteiger partial charge in [-0.1, -0.05) is 43.9 Å². The van der Waals surface area contributed by atoms with Gasteiger partial charge >= 0.3 is 6.18 Å². The molecule has 0 spiro atoms. The van der Waals surface area contributed by atoms with E-state index in [-0.39, 0.29) is 30.1 Å². The second-order valence-electron chi connectivity index (χ2n) is 10.4. The maximum absolute atomic E-state index is 13.8. The summed E-state index contributed by atoms with van der Waals surface area (Å²) in [6.45, 7) is 2.47. The van der Waals surface area contributed by atoms with Gasteiger partial charge in [0.05, 0.1) is 34.7 Å². The number of rotatable bonds is 7. The van der Waals surface area contributed by atoms with Gasteiger partial charge < -0.3 is 9.88 Å². The molecule has 3 aromatic rings. The third-order valence-electron chi connectivity index (χ3n) is 8.01. The van der Waals surface area contributed by atoms with Crippen LogP contribution in [0.25, 0.3) is 0 Å². The van der Waals surface area contributed by atoms with E-state index in [2.05, 4.69) is 21.8 Å². The van der Waals surface area contributed by atoms with E-state index in [1.807, 2.05) is 24.3 Å². The Morgan fingerprint density at radius 3 is 2.42 bits per heavy atom. The fraction of sp³-hybridized carbons (Fsp3) is 0.464. The third kappa shape index (κ3) is 5.47. The minimum absolute atomic E-state index is 0.0825. The molecule has 1 unspecified atom stereocenters. The van der Waals surface area contributed by atoms with Crippen LogP contribution in [0.15, 0.2) is 66.0 Å². The van der Waals surface area contributed by atoms with Gasteiger partial charge in [-0.3, -0.25) is 0 Å². The Morgan fingerprint density at radius 1 is 1.05 bits per heavy atom. The summed E-state index contributed by atoms with van der Waals surface area (Å²) >= 11 is 0. The number of H-pyrrole nitrogens is 1. The standard InChI is InChI=1S/C28H33F3N4O2S/c1-20(26-16-32-19-33-26)35-24(13-10-21-6-2-3-7-21)18-34(17-22-8-4-5-9-27(22)35)38(36,37)25-14-11-23(12-15-25)28(29,30)31/h4-5,8-9,11-12,14-16,19-21,24H,2-3,6-7,10,13,17-18H2,1H3,(H,32,33)/t20-,24?/m1/s1. The highest BCUT2D eigenvalue weighted by Gasteiger charge is 2.38. The van der Waals surface area contributed by atoms with Crippen LogP contribution in [0.2, 0.25) is 0 Å². The highest BCUT2D eigenvalue weighted by atomic mass is 32.2. The number of alkyl halides is 3. The lowest BCUT2D eigenvalue weighted by atomic mass is 9.96. The lowest BCUT2D eigenvalue weighted by Crippen LogP contribution is -2.45. The van der Waals surface area contributed by atoms with E-state index in [1.165, 1.54) is 30.0 Å². The first-order chi connectivity index (χ1) is 18.1. The zero-order valence-corrected chi connectivity index (χ0v) is 22.2. The Hall–Kier alpha value is -2.85. The number of anilines is 1. The topological polar surface area (TPSA) is 69.3 Å². The molecule has 38 heavy (non-hydrogen) atoms. The third-order valence-corrected chi connectivity index (χ3v) is 9.84. The molecule has 1 saturated carbocycles. The fourth-order valence-corrected chi connectivity index (χ4v) is 7.40. The van der Waals surface area contributed by atoms with Crippen molar-refractivity contribution in [3.05, 3.63) is 77.9 Å². The zero-order chi connectivity index (χ0) is 26.9. The summed E-state index contributed by atoms with van der Waals surface area (Å²) in [6.07, 6.45) is 5.61. The molecule has 2 heterocycles. The predicted octanol–water partition coefficient (Wildman–Crippen LogP) is 6.54. The number of para-hydroxylation sites is 1. The minimum Gasteiger partial charge on any atom is -0.359 e. The molecule has 2 aliphatic rings. The largest absolute Gasteiger partial charge is 0.416 e. The monoisotopic (exact) mass is 546 g/mol. The number of nitrogens with zero attached hydrogens (tertiary/aromatic N) is 3. The Kier molecular flexibility index (Phi) is 7.55. The first-order valence-corrected chi connectivity index (χ1v) is 14.6. The number of hydrogen-bond acceptors (Lipinski definition) is 4. The van der Waals surface area contributed by atoms with Crippen molar-refractivity contribution in [2.45, 2.75) is 75.1 Å². The van der Waals surface area contributed by atoms with Crippen molar-refractivity contribution in [1.29, 1.82) is 0 Å². The maximum Gasteiger partial charge on any atom is 0.416 e. The van der Waals surface area contributed by atoms with Crippen LogP contribution in [0.5, 0.6) is 0 Å². The summed E-state index contributed by atoms with van der Waals surface area (Å²) in [5.41, 5.74) is 1.89. The Morgan fingerprint density at radius 2 is 1.76 bits per heavy atom. The van der Waals surface area contributed by atoms with E-state index in [0.717, 1.165) is 54.1 Å². The molecule has 5 rings (SSSR count). The van der Waals surface area contributed by atoms with Gasteiger partial charge in [0.25, 0.3) is 0 Å². The number of hydrogen-bond donors (Lipinski definition) is 1. The molecular weight excluding hydrogens is 513 g/mol. The highest BCUT2D eigenvalue weighted by Crippen LogP contribution is 2.39. The second kappa shape index (κ2) is 10.7. The van der Waals surface area contributed by atoms with Crippen LogP contribution in [0.3, 0.4) is 0 Å². The van der Waals surface area contributed by atoms with Crippen LogP contribution in [0, 0.1) is 5.92 Å². The van der Waals surface area contributed by atoms with Crippen molar-refractivity contribution in [3.63, 3.8) is 0 Å². The summed E-state index contributed by atoms with van der Waals surface area (Å²) in [5, 5.41) is 0. The van der Waals surface area contributed by atoms with Crippen molar-refractivity contribution < 1.29 is 21.6 Å². The first kappa shape index (κ1) is 26.7. The lowest BCUT2D eigenvalue weighted by molar-refractivity contribution is -0.137. The summed E-state index contributed by atoms with van der Waals surface area (Å²) in [5.74, 6) is 0.637. The molecule has 1 aliphatic heterocycles. The van der Waals surface area contributed by atoms with Crippen LogP contribution < -0.4 is 4.90 Å². The molecule has 0 radical (unpaired) electrons. The van der Waals surface area contributed by atoms with Gasteiger partial charge in [0.2, 0.25) is 10.0 Å². The molecule has 0 amide bonds. The highest BCUT2D eigenvalue weighted by molar-refractivity contribution is 7.89. The summed E-state index contributed by atoms with van der Waals surface area (Å²) in [6, 6.07) is 11.4. The van der Waals surface area contributed by atoms with Gasteiger partial charge in [-0.15, -0.1) is 0 Å². The first-order valence-electron chi connectivity index (χ1n) is 13.2. The number of aromatic amines is 1. The molecule has 0 saturated heterocycles. The van der Waals surface area contributed by atoms with E-state index in [0.29, 0.717) is 5.92 Å². The molecule has 1 aliphatic carbocycles. The smallest absolute Gasteiger partial charge is 0.359 e. The number of nitrogens with one attached hydrogen (secondary N) is 1. The Bertz CT molecular complexity index is 1320. The van der Waals surface area contributed by atoms with Gasteiger partial charge in [-0.25, -0.2) is 13.4 Å². The number of imidazole rings is 1. The van der Waals surface area contributed by atoms with Crippen LogP contribution in [0.1, 0.15) is 68.3 Å². The molecule has 2 aromatic carbocycles. The van der Waals surface area contributed by atoms with E-state index < -0.39 is 21.8 Å². The summed E-state index contributed by atoms with van der Waals surface area (Å²) < 4.78 is 68.5. The molecule has 0 bridgehead atoms. The summed E-state index contributed by atoms with van der Waals surface area (Å²) in [4.78, 5) is 9.59. The van der Waals surface area contributed by atoms with E-state index in [9.17, 15) is 21.6 Å². The molecule has 1 aromatic heterocycles. The van der Waals surface area contributed by atoms with Crippen molar-refractivity contribution >= 4 is 15.7 Å². The van der Waals surface area contributed by atoms with Gasteiger partial charge in [-0.2, -0.15) is 17.5 Å². The van der Waals surface area contributed by atoms with Gasteiger partial charge in [0.1, 0.15) is 0 Å². The van der Waals surface area contributed by atoms with Crippen LogP contribution in [0.4, 0.5) is 18.9 Å². The van der Waals surface area contributed by atoms with Gasteiger partial charge in [0.15, 0.2) is 0 Å². The van der Waals surface area contributed by atoms with Crippen LogP contribution in [-0.2, 0) is 22.7 Å². The molecule has 1 N–H and O–H groups in total. The van der Waals surface area contributed by atoms with E-state index >= 15 is 0 Å².